The minimum absolute atomic E-state index is 0. The molecule has 3 N–H and O–H groups in total. The Hall–Kier alpha value is -1.30. The molecule has 0 unspecified atom stereocenters. The number of piperidine rings is 1. The summed E-state index contributed by atoms with van der Waals surface area (Å²) < 4.78 is 0. The second kappa shape index (κ2) is 8.88. The lowest BCUT2D eigenvalue weighted by Crippen LogP contribution is -2.36. The molecule has 25 heavy (non-hydrogen) atoms. The summed E-state index contributed by atoms with van der Waals surface area (Å²) in [6, 6.07) is 5.74. The number of fused-ring (bicyclic) bond motifs is 1. The summed E-state index contributed by atoms with van der Waals surface area (Å²) in [5.74, 6) is 1.45. The molecule has 0 bridgehead atoms. The number of carbonyl (C=O) groups is 1. The Morgan fingerprint density at radius 2 is 1.92 bits per heavy atom. The quantitative estimate of drug-likeness (QED) is 0.756. The van der Waals surface area contributed by atoms with E-state index in [0.717, 1.165) is 49.3 Å². The maximum atomic E-state index is 12.6. The molecule has 1 aliphatic rings. The van der Waals surface area contributed by atoms with Crippen LogP contribution in [0.3, 0.4) is 0 Å². The van der Waals surface area contributed by atoms with E-state index in [2.05, 4.69) is 41.4 Å². The van der Waals surface area contributed by atoms with Gasteiger partial charge in [0.15, 0.2) is 0 Å². The lowest BCUT2D eigenvalue weighted by Gasteiger charge is -2.22. The third-order valence-electron chi connectivity index (χ3n) is 4.48. The molecule has 0 radical (unpaired) electrons. The van der Waals surface area contributed by atoms with Crippen LogP contribution in [0.5, 0.6) is 0 Å². The van der Waals surface area contributed by atoms with Crippen molar-refractivity contribution < 1.29 is 4.79 Å². The van der Waals surface area contributed by atoms with Gasteiger partial charge in [0, 0.05) is 12.0 Å². The lowest BCUT2D eigenvalue weighted by molar-refractivity contribution is 0.0945. The first-order valence-electron chi connectivity index (χ1n) is 8.43. The maximum Gasteiger partial charge on any atom is 0.253 e. The van der Waals surface area contributed by atoms with Crippen LogP contribution in [0.1, 0.15) is 49.8 Å². The van der Waals surface area contributed by atoms with Crippen molar-refractivity contribution in [1.82, 2.24) is 20.6 Å². The first-order valence-corrected chi connectivity index (χ1v) is 8.43. The molecule has 0 saturated carbocycles. The number of H-pyrrole nitrogens is 1. The minimum Gasteiger partial charge on any atom is -0.352 e. The molecule has 0 atom stereocenters. The number of halogens is 2. The first kappa shape index (κ1) is 21.7. The number of rotatable bonds is 3. The summed E-state index contributed by atoms with van der Waals surface area (Å²) in [4.78, 5) is 20.6. The summed E-state index contributed by atoms with van der Waals surface area (Å²) in [5.41, 5.74) is 2.27. The lowest BCUT2D eigenvalue weighted by atomic mass is 9.96. The molecule has 7 heteroatoms. The molecule has 1 aromatic carbocycles. The van der Waals surface area contributed by atoms with E-state index < -0.39 is 0 Å². The fourth-order valence-electron chi connectivity index (χ4n) is 2.99. The Morgan fingerprint density at radius 3 is 2.56 bits per heavy atom. The zero-order chi connectivity index (χ0) is 16.4. The predicted octanol–water partition coefficient (Wildman–Crippen LogP) is 3.43. The normalized spacial score (nSPS) is 15.3. The van der Waals surface area contributed by atoms with Gasteiger partial charge < -0.3 is 15.6 Å². The van der Waals surface area contributed by atoms with Crippen molar-refractivity contribution in [1.29, 1.82) is 0 Å². The third-order valence-corrected chi connectivity index (χ3v) is 4.48. The molecule has 140 valence electrons. The van der Waals surface area contributed by atoms with Gasteiger partial charge in [-0.25, -0.2) is 4.98 Å². The van der Waals surface area contributed by atoms with E-state index in [1.165, 1.54) is 0 Å². The summed E-state index contributed by atoms with van der Waals surface area (Å²) in [5, 5.41) is 6.44. The number of aromatic nitrogens is 2. The molecule has 1 aromatic heterocycles. The number of hydrogen-bond acceptors (Lipinski definition) is 3. The summed E-state index contributed by atoms with van der Waals surface area (Å²) in [6.07, 6.45) is 2.25. The van der Waals surface area contributed by atoms with Crippen molar-refractivity contribution in [3.63, 3.8) is 0 Å². The van der Waals surface area contributed by atoms with Crippen LogP contribution < -0.4 is 10.6 Å². The van der Waals surface area contributed by atoms with Crippen molar-refractivity contribution in [2.24, 2.45) is 5.92 Å². The van der Waals surface area contributed by atoms with Crippen LogP contribution in [0.2, 0.25) is 0 Å². The number of amides is 1. The fraction of sp³-hybridized carbons (Fsp3) is 0.556. The highest BCUT2D eigenvalue weighted by atomic mass is 35.5. The molecule has 2 heterocycles. The van der Waals surface area contributed by atoms with E-state index in [1.807, 2.05) is 18.2 Å². The molecule has 1 fully saturated rings. The summed E-state index contributed by atoms with van der Waals surface area (Å²) in [6.45, 7) is 9.17. The van der Waals surface area contributed by atoms with Gasteiger partial charge >= 0.3 is 0 Å². The molecular formula is C18H28Cl2N4O. The second-order valence-electron chi connectivity index (χ2n) is 7.44. The average Bonchev–Trinajstić information content (AvgIpc) is 2.98. The number of nitrogens with one attached hydrogen (secondary N) is 3. The fourth-order valence-corrected chi connectivity index (χ4v) is 2.99. The highest BCUT2D eigenvalue weighted by molar-refractivity contribution is 6.04. The molecule has 0 spiro atoms. The highest BCUT2D eigenvalue weighted by Gasteiger charge is 2.21. The van der Waals surface area contributed by atoms with Gasteiger partial charge in [0.2, 0.25) is 0 Å². The van der Waals surface area contributed by atoms with Crippen molar-refractivity contribution in [2.75, 3.05) is 19.6 Å². The number of carbonyl (C=O) groups excluding carboxylic acids is 1. The zero-order valence-corrected chi connectivity index (χ0v) is 16.6. The number of para-hydroxylation sites is 1. The van der Waals surface area contributed by atoms with E-state index in [4.69, 9.17) is 0 Å². The van der Waals surface area contributed by atoms with Gasteiger partial charge in [-0.1, -0.05) is 26.8 Å². The van der Waals surface area contributed by atoms with Gasteiger partial charge in [-0.05, 0) is 44.0 Å². The van der Waals surface area contributed by atoms with Gasteiger partial charge in [0.05, 0.1) is 11.1 Å². The van der Waals surface area contributed by atoms with Crippen molar-refractivity contribution in [3.8, 4) is 0 Å². The Labute approximate surface area is 161 Å². The highest BCUT2D eigenvalue weighted by Crippen LogP contribution is 2.24. The monoisotopic (exact) mass is 386 g/mol. The second-order valence-corrected chi connectivity index (χ2v) is 7.44. The van der Waals surface area contributed by atoms with Crippen LogP contribution in [-0.4, -0.2) is 35.5 Å². The van der Waals surface area contributed by atoms with Crippen molar-refractivity contribution >= 4 is 41.8 Å². The molecule has 0 aliphatic carbocycles. The molecular weight excluding hydrogens is 359 g/mol. The van der Waals surface area contributed by atoms with E-state index in [1.54, 1.807) is 0 Å². The summed E-state index contributed by atoms with van der Waals surface area (Å²) in [7, 11) is 0. The van der Waals surface area contributed by atoms with Crippen LogP contribution >= 0.6 is 24.8 Å². The van der Waals surface area contributed by atoms with Gasteiger partial charge in [-0.15, -0.1) is 24.8 Å². The van der Waals surface area contributed by atoms with Gasteiger partial charge in [-0.2, -0.15) is 0 Å². The molecule has 1 amide bonds. The standard InChI is InChI=1S/C18H26N4O.2ClH/c1-18(2,3)17-21-14-6-4-5-13(15(14)22-17)16(23)20-11-12-7-9-19-10-8-12;;/h4-6,12,19H,7-11H2,1-3H3,(H,20,23)(H,21,22);2*1H. The van der Waals surface area contributed by atoms with E-state index >= 15 is 0 Å². The third kappa shape index (κ3) is 5.09. The smallest absolute Gasteiger partial charge is 0.253 e. The van der Waals surface area contributed by atoms with Crippen LogP contribution in [0.25, 0.3) is 11.0 Å². The minimum atomic E-state index is -0.0676. The van der Waals surface area contributed by atoms with Gasteiger partial charge in [-0.3, -0.25) is 4.79 Å². The molecule has 5 nitrogen and oxygen atoms in total. The SMILES string of the molecule is CC(C)(C)c1nc2c(C(=O)NCC3CCNCC3)cccc2[nH]1.Cl.Cl. The molecule has 1 saturated heterocycles. The largest absolute Gasteiger partial charge is 0.352 e. The maximum absolute atomic E-state index is 12.6. The number of nitrogens with zero attached hydrogens (tertiary/aromatic N) is 1. The van der Waals surface area contributed by atoms with Crippen LogP contribution in [0, 0.1) is 5.92 Å². The molecule has 1 aliphatic heterocycles. The zero-order valence-electron chi connectivity index (χ0n) is 15.0. The van der Waals surface area contributed by atoms with Crippen LogP contribution in [0.15, 0.2) is 18.2 Å². The van der Waals surface area contributed by atoms with E-state index in [-0.39, 0.29) is 36.1 Å². The Kier molecular flexibility index (Phi) is 7.72. The van der Waals surface area contributed by atoms with Crippen molar-refractivity contribution in [2.45, 2.75) is 39.0 Å². The summed E-state index contributed by atoms with van der Waals surface area (Å²) >= 11 is 0. The Balaban J connectivity index is 0.00000156. The molecule has 3 rings (SSSR count). The Morgan fingerprint density at radius 1 is 1.24 bits per heavy atom. The van der Waals surface area contributed by atoms with E-state index in [9.17, 15) is 4.79 Å². The topological polar surface area (TPSA) is 69.8 Å². The van der Waals surface area contributed by atoms with Crippen LogP contribution in [-0.2, 0) is 5.41 Å². The Bertz CT molecular complexity index is 703. The van der Waals surface area contributed by atoms with Crippen molar-refractivity contribution in [3.05, 3.63) is 29.6 Å². The van der Waals surface area contributed by atoms with Gasteiger partial charge in [0.1, 0.15) is 11.3 Å². The number of hydrogen-bond donors (Lipinski definition) is 3. The number of benzene rings is 1. The number of imidazole rings is 1. The average molecular weight is 387 g/mol. The first-order chi connectivity index (χ1) is 10.9. The number of aromatic amines is 1. The van der Waals surface area contributed by atoms with E-state index in [0.29, 0.717) is 11.5 Å². The van der Waals surface area contributed by atoms with Crippen LogP contribution in [0.4, 0.5) is 0 Å². The molecule has 2 aromatic rings. The predicted molar refractivity (Wildman–Crippen MR) is 107 cm³/mol. The van der Waals surface area contributed by atoms with Gasteiger partial charge in [0.25, 0.3) is 5.91 Å².